The predicted molar refractivity (Wildman–Crippen MR) is 121 cm³/mol. The van der Waals surface area contributed by atoms with E-state index in [4.69, 9.17) is 11.1 Å². The first-order valence-electron chi connectivity index (χ1n) is 9.54. The number of anilines is 2. The molecule has 0 aliphatic carbocycles. The van der Waals surface area contributed by atoms with Crippen molar-refractivity contribution in [2.24, 2.45) is 5.73 Å². The fourth-order valence-corrected chi connectivity index (χ4v) is 3.38. The topological polar surface area (TPSA) is 73.9 Å². The maximum atomic E-state index is 7.54. The van der Waals surface area contributed by atoms with Crippen molar-refractivity contribution in [3.8, 4) is 0 Å². The van der Waals surface area contributed by atoms with E-state index in [0.29, 0.717) is 0 Å². The molecule has 5 N–H and O–H groups in total. The van der Waals surface area contributed by atoms with Crippen LogP contribution in [0.2, 0.25) is 0 Å². The van der Waals surface area contributed by atoms with E-state index in [1.54, 1.807) is 0 Å². The highest BCUT2D eigenvalue weighted by Crippen LogP contribution is 2.21. The molecule has 0 aromatic heterocycles. The van der Waals surface area contributed by atoms with Crippen LogP contribution in [0.4, 0.5) is 11.4 Å². The van der Waals surface area contributed by atoms with E-state index in [1.165, 1.54) is 10.8 Å². The maximum Gasteiger partial charge on any atom is 0.122 e. The van der Waals surface area contributed by atoms with Crippen LogP contribution in [0.25, 0.3) is 21.5 Å². The van der Waals surface area contributed by atoms with Crippen LogP contribution in [-0.2, 0) is 0 Å². The molecule has 0 bridgehead atoms. The number of amidine groups is 1. The Labute approximate surface area is 164 Å². The van der Waals surface area contributed by atoms with Crippen molar-refractivity contribution >= 4 is 38.8 Å². The molecule has 0 heterocycles. The Balaban J connectivity index is 1.29. The van der Waals surface area contributed by atoms with Crippen LogP contribution in [0, 0.1) is 5.41 Å². The molecule has 4 rings (SSSR count). The average Bonchev–Trinajstić information content (AvgIpc) is 2.73. The minimum Gasteiger partial charge on any atom is -0.385 e. The Morgan fingerprint density at radius 3 is 1.89 bits per heavy atom. The molecule has 0 unspecified atom stereocenters. The standard InChI is InChI=1S/C24H24N4/c25-24(26)21-7-6-20-16-23(11-9-19(20)14-21)28-13-3-12-27-22-10-8-17-4-1-2-5-18(17)15-22/h1-2,4-11,14-16,27-28H,3,12-13H2,(H3,25,26). The lowest BCUT2D eigenvalue weighted by Gasteiger charge is -2.10. The van der Waals surface area contributed by atoms with E-state index >= 15 is 0 Å². The summed E-state index contributed by atoms with van der Waals surface area (Å²) in [7, 11) is 0. The van der Waals surface area contributed by atoms with E-state index in [-0.39, 0.29) is 5.84 Å². The van der Waals surface area contributed by atoms with E-state index in [9.17, 15) is 0 Å². The molecule has 0 radical (unpaired) electrons. The SMILES string of the molecule is N=C(N)c1ccc2cc(NCCCNc3ccc4ccccc4c3)ccc2c1. The summed E-state index contributed by atoms with van der Waals surface area (Å²) < 4.78 is 0. The second kappa shape index (κ2) is 8.01. The Bertz CT molecular complexity index is 1130. The van der Waals surface area contributed by atoms with Gasteiger partial charge in [0.05, 0.1) is 0 Å². The van der Waals surface area contributed by atoms with E-state index in [1.807, 2.05) is 18.2 Å². The third-order valence-electron chi connectivity index (χ3n) is 4.91. The molecule has 0 aliphatic rings. The quantitative estimate of drug-likeness (QED) is 0.206. The molecule has 0 amide bonds. The van der Waals surface area contributed by atoms with Gasteiger partial charge in [-0.25, -0.2) is 0 Å². The van der Waals surface area contributed by atoms with E-state index in [0.717, 1.165) is 47.2 Å². The normalized spacial score (nSPS) is 10.9. The number of nitrogens with one attached hydrogen (secondary N) is 3. The minimum absolute atomic E-state index is 0.100. The van der Waals surface area contributed by atoms with Gasteiger partial charge in [-0.1, -0.05) is 48.5 Å². The van der Waals surface area contributed by atoms with Gasteiger partial charge in [-0.05, 0) is 58.3 Å². The monoisotopic (exact) mass is 368 g/mol. The third-order valence-corrected chi connectivity index (χ3v) is 4.91. The lowest BCUT2D eigenvalue weighted by Crippen LogP contribution is -2.10. The molecule has 0 atom stereocenters. The molecule has 4 aromatic rings. The smallest absolute Gasteiger partial charge is 0.122 e. The lowest BCUT2D eigenvalue weighted by atomic mass is 10.1. The number of benzene rings is 4. The van der Waals surface area contributed by atoms with Gasteiger partial charge in [0.2, 0.25) is 0 Å². The molecule has 4 heteroatoms. The van der Waals surface area contributed by atoms with Crippen LogP contribution in [0.15, 0.2) is 78.9 Å². The molecule has 4 aromatic carbocycles. The zero-order valence-electron chi connectivity index (χ0n) is 15.7. The molecule has 28 heavy (non-hydrogen) atoms. The van der Waals surface area contributed by atoms with Crippen molar-refractivity contribution in [2.75, 3.05) is 23.7 Å². The highest BCUT2D eigenvalue weighted by molar-refractivity contribution is 5.99. The summed E-state index contributed by atoms with van der Waals surface area (Å²) in [5.74, 6) is 0.100. The summed E-state index contributed by atoms with van der Waals surface area (Å²) in [6.07, 6.45) is 1.02. The molecule has 0 spiro atoms. The van der Waals surface area contributed by atoms with Gasteiger partial charge in [-0.3, -0.25) is 5.41 Å². The Morgan fingerprint density at radius 1 is 0.679 bits per heavy atom. The van der Waals surface area contributed by atoms with E-state index in [2.05, 4.69) is 71.3 Å². The zero-order chi connectivity index (χ0) is 19.3. The number of fused-ring (bicyclic) bond motifs is 2. The number of nitrogens with two attached hydrogens (primary N) is 1. The highest BCUT2D eigenvalue weighted by atomic mass is 14.9. The van der Waals surface area contributed by atoms with Gasteiger partial charge in [0.25, 0.3) is 0 Å². The molecular weight excluding hydrogens is 344 g/mol. The summed E-state index contributed by atoms with van der Waals surface area (Å²) in [4.78, 5) is 0. The first kappa shape index (κ1) is 17.9. The summed E-state index contributed by atoms with van der Waals surface area (Å²) in [5, 5.41) is 19.3. The van der Waals surface area contributed by atoms with Gasteiger partial charge < -0.3 is 16.4 Å². The van der Waals surface area contributed by atoms with Crippen LogP contribution in [-0.4, -0.2) is 18.9 Å². The van der Waals surface area contributed by atoms with Crippen molar-refractivity contribution in [3.63, 3.8) is 0 Å². The van der Waals surface area contributed by atoms with Gasteiger partial charge in [-0.15, -0.1) is 0 Å². The predicted octanol–water partition coefficient (Wildman–Crippen LogP) is 5.19. The van der Waals surface area contributed by atoms with Crippen molar-refractivity contribution in [3.05, 3.63) is 84.4 Å². The Morgan fingerprint density at radius 2 is 1.21 bits per heavy atom. The van der Waals surface area contributed by atoms with Crippen molar-refractivity contribution in [2.45, 2.75) is 6.42 Å². The minimum atomic E-state index is 0.100. The largest absolute Gasteiger partial charge is 0.385 e. The first-order chi connectivity index (χ1) is 13.7. The second-order valence-corrected chi connectivity index (χ2v) is 6.96. The first-order valence-corrected chi connectivity index (χ1v) is 9.54. The van der Waals surface area contributed by atoms with Crippen LogP contribution >= 0.6 is 0 Å². The molecule has 0 saturated heterocycles. The number of hydrogen-bond donors (Lipinski definition) is 4. The summed E-state index contributed by atoms with van der Waals surface area (Å²) in [6, 6.07) is 27.0. The molecule has 0 aliphatic heterocycles. The highest BCUT2D eigenvalue weighted by Gasteiger charge is 2.01. The molecule has 140 valence electrons. The Hall–Kier alpha value is -3.53. The lowest BCUT2D eigenvalue weighted by molar-refractivity contribution is 0.910. The maximum absolute atomic E-state index is 7.54. The van der Waals surface area contributed by atoms with Crippen molar-refractivity contribution in [1.29, 1.82) is 5.41 Å². The average molecular weight is 368 g/mol. The van der Waals surface area contributed by atoms with Gasteiger partial charge in [0.15, 0.2) is 0 Å². The van der Waals surface area contributed by atoms with Gasteiger partial charge in [-0.2, -0.15) is 0 Å². The van der Waals surface area contributed by atoms with Crippen LogP contribution < -0.4 is 16.4 Å². The zero-order valence-corrected chi connectivity index (χ0v) is 15.7. The summed E-state index contributed by atoms with van der Waals surface area (Å²) >= 11 is 0. The second-order valence-electron chi connectivity index (χ2n) is 6.96. The van der Waals surface area contributed by atoms with Crippen LogP contribution in [0.3, 0.4) is 0 Å². The molecular formula is C24H24N4. The van der Waals surface area contributed by atoms with Crippen LogP contribution in [0.5, 0.6) is 0 Å². The fraction of sp³-hybridized carbons (Fsp3) is 0.125. The van der Waals surface area contributed by atoms with Crippen molar-refractivity contribution < 1.29 is 0 Å². The fourth-order valence-electron chi connectivity index (χ4n) is 3.38. The number of hydrogen-bond acceptors (Lipinski definition) is 3. The third kappa shape index (κ3) is 4.07. The van der Waals surface area contributed by atoms with Gasteiger partial charge in [0.1, 0.15) is 5.84 Å². The van der Waals surface area contributed by atoms with E-state index < -0.39 is 0 Å². The number of rotatable bonds is 7. The molecule has 0 saturated carbocycles. The van der Waals surface area contributed by atoms with Crippen molar-refractivity contribution in [1.82, 2.24) is 0 Å². The molecule has 4 nitrogen and oxygen atoms in total. The Kier molecular flexibility index (Phi) is 5.11. The number of nitrogen functional groups attached to an aromatic ring is 1. The summed E-state index contributed by atoms with van der Waals surface area (Å²) in [5.41, 5.74) is 8.58. The molecule has 0 fully saturated rings. The van der Waals surface area contributed by atoms with Gasteiger partial charge in [0, 0.05) is 30.0 Å². The van der Waals surface area contributed by atoms with Gasteiger partial charge >= 0.3 is 0 Å². The summed E-state index contributed by atoms with van der Waals surface area (Å²) in [6.45, 7) is 1.82. The van der Waals surface area contributed by atoms with Crippen LogP contribution in [0.1, 0.15) is 12.0 Å².